The highest BCUT2D eigenvalue weighted by Gasteiger charge is 2.20. The molecule has 1 N–H and O–H groups in total. The number of piperazine rings is 1. The average molecular weight is 606 g/mol. The summed E-state index contributed by atoms with van der Waals surface area (Å²) in [6.45, 7) is 9.13. The molecule has 0 radical (unpaired) electrons. The Balaban J connectivity index is 1.41. The molecule has 4 aromatic heterocycles. The van der Waals surface area contributed by atoms with Gasteiger partial charge in [0.1, 0.15) is 11.5 Å². The lowest BCUT2D eigenvalue weighted by Crippen LogP contribution is -2.44. The van der Waals surface area contributed by atoms with E-state index in [9.17, 15) is 0 Å². The number of aromatic amines is 1. The molecule has 1 aliphatic heterocycles. The summed E-state index contributed by atoms with van der Waals surface area (Å²) < 4.78 is 15.0. The molecule has 5 heterocycles. The molecule has 0 spiro atoms. The third-order valence-electron chi connectivity index (χ3n) is 8.14. The number of hydrogen-bond donors (Lipinski definition) is 1. The number of imidazole rings is 1. The first-order valence-electron chi connectivity index (χ1n) is 15.5. The summed E-state index contributed by atoms with van der Waals surface area (Å²) in [5, 5.41) is 0. The zero-order chi connectivity index (χ0) is 31.5. The largest absolute Gasteiger partial charge is 0.369 e. The molecule has 0 bridgehead atoms. The quantitative estimate of drug-likeness (QED) is 0.219. The van der Waals surface area contributed by atoms with E-state index in [1.807, 2.05) is 45.7 Å². The molecule has 9 nitrogen and oxygen atoms in total. The van der Waals surface area contributed by atoms with Gasteiger partial charge >= 0.3 is 0 Å². The second kappa shape index (κ2) is 13.2. The molecule has 0 amide bonds. The molecule has 6 rings (SSSR count). The average Bonchev–Trinajstić information content (AvgIpc) is 3.46. The van der Waals surface area contributed by atoms with Crippen LogP contribution < -0.4 is 4.90 Å². The van der Waals surface area contributed by atoms with Gasteiger partial charge in [0.2, 0.25) is 0 Å². The van der Waals surface area contributed by atoms with Gasteiger partial charge in [-0.25, -0.2) is 9.37 Å². The highest BCUT2D eigenvalue weighted by Crippen LogP contribution is 2.32. The minimum atomic E-state index is -0.276. The standard InChI is InChI=1S/C35H40FN9/c1-6-7-39-34(30-15-27(19-40-23(30)2)26-12-24(17-37-18-26)22-43(3)4)35-41-32-21-38-20-31(33(32)42-35)25-13-28(36)16-29(14-25)45-10-8-44(5)9-11-45/h12-21H,6-11,22H2,1-5H3,(H,41,42). The van der Waals surface area contributed by atoms with Crippen LogP contribution in [0.1, 0.15) is 36.0 Å². The van der Waals surface area contributed by atoms with Crippen molar-refractivity contribution in [1.82, 2.24) is 34.7 Å². The van der Waals surface area contributed by atoms with Crippen molar-refractivity contribution in [2.45, 2.75) is 26.8 Å². The van der Waals surface area contributed by atoms with Crippen LogP contribution in [-0.4, -0.2) is 94.3 Å². The number of aryl methyl sites for hydroxylation is 1. The van der Waals surface area contributed by atoms with Crippen molar-refractivity contribution in [3.05, 3.63) is 89.8 Å². The Labute approximate surface area is 263 Å². The van der Waals surface area contributed by atoms with Gasteiger partial charge in [-0.15, -0.1) is 0 Å². The molecule has 1 aromatic carbocycles. The van der Waals surface area contributed by atoms with Gasteiger partial charge in [0.05, 0.1) is 17.2 Å². The van der Waals surface area contributed by atoms with Gasteiger partial charge in [0, 0.05) is 97.7 Å². The Bertz CT molecular complexity index is 1840. The van der Waals surface area contributed by atoms with Crippen LogP contribution in [0.4, 0.5) is 10.1 Å². The molecular formula is C35H40FN9. The van der Waals surface area contributed by atoms with Crippen LogP contribution in [0.5, 0.6) is 0 Å². The van der Waals surface area contributed by atoms with Gasteiger partial charge in [-0.2, -0.15) is 0 Å². The molecule has 0 unspecified atom stereocenters. The molecule has 45 heavy (non-hydrogen) atoms. The van der Waals surface area contributed by atoms with Gasteiger partial charge in [-0.1, -0.05) is 6.92 Å². The first-order valence-corrected chi connectivity index (χ1v) is 15.5. The molecule has 0 aliphatic carbocycles. The Kier molecular flexibility index (Phi) is 8.95. The molecule has 5 aromatic rings. The fourth-order valence-electron chi connectivity index (χ4n) is 5.77. The second-order valence-corrected chi connectivity index (χ2v) is 12.1. The number of nitrogens with zero attached hydrogens (tertiary/aromatic N) is 8. The molecule has 0 atom stereocenters. The fourth-order valence-corrected chi connectivity index (χ4v) is 5.77. The summed E-state index contributed by atoms with van der Waals surface area (Å²) in [7, 11) is 6.20. The van der Waals surface area contributed by atoms with Crippen molar-refractivity contribution in [2.24, 2.45) is 4.99 Å². The van der Waals surface area contributed by atoms with Crippen LogP contribution in [0, 0.1) is 12.7 Å². The minimum Gasteiger partial charge on any atom is -0.369 e. The van der Waals surface area contributed by atoms with Crippen LogP contribution in [0.25, 0.3) is 33.3 Å². The summed E-state index contributed by atoms with van der Waals surface area (Å²) in [6, 6.07) is 9.49. The van der Waals surface area contributed by atoms with Crippen LogP contribution >= 0.6 is 0 Å². The lowest BCUT2D eigenvalue weighted by Gasteiger charge is -2.34. The van der Waals surface area contributed by atoms with Gasteiger partial charge in [-0.05, 0) is 75.9 Å². The lowest BCUT2D eigenvalue weighted by molar-refractivity contribution is 0.313. The number of aromatic nitrogens is 5. The number of pyridine rings is 3. The number of fused-ring (bicyclic) bond motifs is 1. The zero-order valence-electron chi connectivity index (χ0n) is 26.7. The third kappa shape index (κ3) is 6.77. The number of H-pyrrole nitrogens is 1. The maximum atomic E-state index is 15.0. The Morgan fingerprint density at radius 1 is 0.933 bits per heavy atom. The smallest absolute Gasteiger partial charge is 0.157 e. The number of hydrogen-bond acceptors (Lipinski definition) is 8. The minimum absolute atomic E-state index is 0.276. The third-order valence-corrected chi connectivity index (χ3v) is 8.14. The normalized spacial score (nSPS) is 14.6. The molecule has 1 fully saturated rings. The Hall–Kier alpha value is -4.54. The molecule has 10 heteroatoms. The Morgan fingerprint density at radius 2 is 1.71 bits per heavy atom. The van der Waals surface area contributed by atoms with E-state index < -0.39 is 0 Å². The van der Waals surface area contributed by atoms with Crippen molar-refractivity contribution in [1.29, 1.82) is 0 Å². The summed E-state index contributed by atoms with van der Waals surface area (Å²) in [6.07, 6.45) is 10.1. The van der Waals surface area contributed by atoms with Crippen LogP contribution in [0.3, 0.4) is 0 Å². The van der Waals surface area contributed by atoms with Gasteiger partial charge in [0.15, 0.2) is 5.82 Å². The number of anilines is 1. The summed E-state index contributed by atoms with van der Waals surface area (Å²) in [4.78, 5) is 33.9. The second-order valence-electron chi connectivity index (χ2n) is 12.1. The lowest BCUT2D eigenvalue weighted by atomic mass is 10.0. The van der Waals surface area contributed by atoms with E-state index in [-0.39, 0.29) is 5.82 Å². The topological polar surface area (TPSA) is 89.4 Å². The van der Waals surface area contributed by atoms with Gasteiger partial charge in [0.25, 0.3) is 0 Å². The number of benzene rings is 1. The van der Waals surface area contributed by atoms with Crippen molar-refractivity contribution >= 4 is 22.4 Å². The predicted molar refractivity (Wildman–Crippen MR) is 179 cm³/mol. The monoisotopic (exact) mass is 605 g/mol. The SMILES string of the molecule is CCCN=C(c1nc2c(-c3cc(F)cc(N4CCN(C)CC4)c3)cncc2[nH]1)c1cc(-c2cncc(CN(C)C)c2)cnc1C. The summed E-state index contributed by atoms with van der Waals surface area (Å²) >= 11 is 0. The van der Waals surface area contributed by atoms with Crippen LogP contribution in [0.15, 0.2) is 66.3 Å². The Morgan fingerprint density at radius 3 is 2.49 bits per heavy atom. The van der Waals surface area contributed by atoms with E-state index in [1.165, 1.54) is 0 Å². The van der Waals surface area contributed by atoms with Crippen molar-refractivity contribution in [3.8, 4) is 22.3 Å². The van der Waals surface area contributed by atoms with Gasteiger partial charge in [-0.3, -0.25) is 19.9 Å². The maximum Gasteiger partial charge on any atom is 0.157 e. The first kappa shape index (κ1) is 30.5. The number of likely N-dealkylation sites (N-methyl/N-ethyl adjacent to an activating group) is 1. The van der Waals surface area contributed by atoms with Crippen LogP contribution in [0.2, 0.25) is 0 Å². The predicted octanol–water partition coefficient (Wildman–Crippen LogP) is 5.59. The van der Waals surface area contributed by atoms with Crippen LogP contribution in [-0.2, 0) is 6.54 Å². The van der Waals surface area contributed by atoms with Gasteiger partial charge < -0.3 is 19.7 Å². The van der Waals surface area contributed by atoms with Crippen molar-refractivity contribution < 1.29 is 4.39 Å². The molecule has 1 aliphatic rings. The molecule has 0 saturated carbocycles. The van der Waals surface area contributed by atoms with Crippen molar-refractivity contribution in [3.63, 3.8) is 0 Å². The molecule has 232 valence electrons. The maximum absolute atomic E-state index is 15.0. The number of halogens is 1. The number of nitrogens with one attached hydrogen (secondary N) is 1. The first-order chi connectivity index (χ1) is 21.8. The molecular weight excluding hydrogens is 565 g/mol. The number of rotatable bonds is 9. The zero-order valence-corrected chi connectivity index (χ0v) is 26.7. The number of aliphatic imine (C=N–C) groups is 1. The van der Waals surface area contributed by atoms with Crippen molar-refractivity contribution in [2.75, 3.05) is 58.8 Å². The van der Waals surface area contributed by atoms with E-state index in [4.69, 9.17) is 15.0 Å². The molecule has 1 saturated heterocycles. The van der Waals surface area contributed by atoms with E-state index in [0.29, 0.717) is 12.4 Å². The van der Waals surface area contributed by atoms with E-state index in [0.717, 1.165) is 101 Å². The van der Waals surface area contributed by atoms with E-state index in [1.54, 1.807) is 24.5 Å². The summed E-state index contributed by atoms with van der Waals surface area (Å²) in [5.41, 5.74) is 9.45. The van der Waals surface area contributed by atoms with E-state index >= 15 is 4.39 Å². The fraction of sp³-hybridized carbons (Fsp3) is 0.343. The van der Waals surface area contributed by atoms with E-state index in [2.05, 4.69) is 55.8 Å². The highest BCUT2D eigenvalue weighted by atomic mass is 19.1. The highest BCUT2D eigenvalue weighted by molar-refractivity contribution is 6.13. The summed E-state index contributed by atoms with van der Waals surface area (Å²) in [5.74, 6) is 0.354.